The van der Waals surface area contributed by atoms with Gasteiger partial charge in [-0.15, -0.1) is 0 Å². The summed E-state index contributed by atoms with van der Waals surface area (Å²) in [5.74, 6) is 0.909. The summed E-state index contributed by atoms with van der Waals surface area (Å²) in [7, 11) is 1.63. The van der Waals surface area contributed by atoms with Crippen molar-refractivity contribution in [2.45, 2.75) is 12.5 Å². The Kier molecular flexibility index (Phi) is 4.04. The number of nitrogens with zero attached hydrogens (tertiary/aromatic N) is 5. The zero-order valence-electron chi connectivity index (χ0n) is 13.2. The molecule has 1 aliphatic rings. The van der Waals surface area contributed by atoms with Crippen molar-refractivity contribution in [2.75, 3.05) is 7.11 Å². The summed E-state index contributed by atoms with van der Waals surface area (Å²) < 4.78 is 20.9. The molecule has 1 aromatic heterocycles. The number of benzene rings is 2. The van der Waals surface area contributed by atoms with E-state index in [0.29, 0.717) is 16.8 Å². The molecule has 0 amide bonds. The van der Waals surface area contributed by atoms with E-state index in [9.17, 15) is 4.39 Å². The summed E-state index contributed by atoms with van der Waals surface area (Å²) in [4.78, 5) is 4.56. The smallest absolute Gasteiger partial charge is 0.269 e. The molecule has 0 N–H and O–H groups in total. The molecule has 3 aromatic rings. The molecule has 1 unspecified atom stereocenters. The number of ether oxygens (including phenoxy) is 1. The number of aromatic nitrogens is 4. The summed E-state index contributed by atoms with van der Waals surface area (Å²) in [6.45, 7) is 0. The van der Waals surface area contributed by atoms with Gasteiger partial charge in [0.1, 0.15) is 11.6 Å². The second-order valence-electron chi connectivity index (χ2n) is 5.60. The number of methoxy groups -OCH3 is 1. The van der Waals surface area contributed by atoms with Crippen LogP contribution in [0.15, 0.2) is 51.9 Å². The lowest BCUT2D eigenvalue weighted by atomic mass is 9.96. The van der Waals surface area contributed by atoms with Crippen molar-refractivity contribution in [1.29, 1.82) is 0 Å². The van der Waals surface area contributed by atoms with Gasteiger partial charge in [-0.1, -0.05) is 11.2 Å². The Morgan fingerprint density at radius 1 is 1.20 bits per heavy atom. The van der Waals surface area contributed by atoms with E-state index < -0.39 is 0 Å². The lowest BCUT2D eigenvalue weighted by molar-refractivity contribution is 0.415. The van der Waals surface area contributed by atoms with Gasteiger partial charge in [-0.3, -0.25) is 0 Å². The van der Waals surface area contributed by atoms with Crippen LogP contribution in [0.2, 0.25) is 0 Å². The minimum absolute atomic E-state index is 0.156. The molecular weight excluding hydrogens is 389 g/mol. The molecule has 4 rings (SSSR count). The largest absolute Gasteiger partial charge is 0.497 e. The van der Waals surface area contributed by atoms with E-state index in [0.717, 1.165) is 22.6 Å². The number of tetrazole rings is 1. The zero-order chi connectivity index (χ0) is 17.4. The molecule has 0 radical (unpaired) electrons. The lowest BCUT2D eigenvalue weighted by Gasteiger charge is -2.23. The summed E-state index contributed by atoms with van der Waals surface area (Å²) in [6, 6.07) is 12.5. The Bertz CT molecular complexity index is 954. The molecule has 0 saturated heterocycles. The fraction of sp³-hybridized carbons (Fsp3) is 0.176. The zero-order valence-corrected chi connectivity index (χ0v) is 14.8. The minimum Gasteiger partial charge on any atom is -0.497 e. The van der Waals surface area contributed by atoms with Gasteiger partial charge in [0.05, 0.1) is 23.3 Å². The van der Waals surface area contributed by atoms with Crippen molar-refractivity contribution >= 4 is 27.6 Å². The van der Waals surface area contributed by atoms with Gasteiger partial charge in [0.15, 0.2) is 0 Å². The van der Waals surface area contributed by atoms with Crippen LogP contribution in [-0.4, -0.2) is 33.0 Å². The van der Waals surface area contributed by atoms with E-state index in [-0.39, 0.29) is 11.9 Å². The maximum Gasteiger partial charge on any atom is 0.269 e. The van der Waals surface area contributed by atoms with Gasteiger partial charge in [0, 0.05) is 6.42 Å². The molecule has 0 fully saturated rings. The van der Waals surface area contributed by atoms with Crippen molar-refractivity contribution in [3.63, 3.8) is 0 Å². The lowest BCUT2D eigenvalue weighted by Crippen LogP contribution is -2.21. The van der Waals surface area contributed by atoms with Crippen LogP contribution in [0.25, 0.3) is 0 Å². The van der Waals surface area contributed by atoms with Crippen molar-refractivity contribution < 1.29 is 9.13 Å². The maximum atomic E-state index is 13.6. The average molecular weight is 402 g/mol. The first-order valence-electron chi connectivity index (χ1n) is 7.60. The summed E-state index contributed by atoms with van der Waals surface area (Å²) >= 11 is 3.24. The molecule has 0 spiro atoms. The molecule has 25 heavy (non-hydrogen) atoms. The quantitative estimate of drug-likeness (QED) is 0.670. The highest BCUT2D eigenvalue weighted by atomic mass is 79.9. The highest BCUT2D eigenvalue weighted by Gasteiger charge is 2.27. The standard InChI is InChI=1S/C17H13BrFN5O/c1-25-12-5-2-10(3-6-12)15-9-16(24-17(20-15)21-22-23-24)11-4-7-14(19)13(18)8-11/h2-8,16H,9H2,1H3. The number of fused-ring (bicyclic) bond motifs is 1. The first kappa shape index (κ1) is 15.9. The molecule has 0 saturated carbocycles. The van der Waals surface area contributed by atoms with Crippen molar-refractivity contribution in [3.05, 3.63) is 63.9 Å². The van der Waals surface area contributed by atoms with Gasteiger partial charge in [0.25, 0.3) is 5.95 Å². The molecule has 8 heteroatoms. The van der Waals surface area contributed by atoms with Gasteiger partial charge < -0.3 is 4.74 Å². The van der Waals surface area contributed by atoms with Gasteiger partial charge in [-0.05, 0) is 73.9 Å². The molecule has 126 valence electrons. The topological polar surface area (TPSA) is 65.2 Å². The van der Waals surface area contributed by atoms with E-state index in [1.54, 1.807) is 23.9 Å². The Labute approximate surface area is 151 Å². The summed E-state index contributed by atoms with van der Waals surface area (Å²) in [5, 5.41) is 11.8. The third-order valence-corrected chi connectivity index (χ3v) is 4.75. The predicted molar refractivity (Wildman–Crippen MR) is 93.9 cm³/mol. The van der Waals surface area contributed by atoms with Crippen molar-refractivity contribution in [2.24, 2.45) is 4.99 Å². The normalized spacial score (nSPS) is 16.3. The van der Waals surface area contributed by atoms with Crippen molar-refractivity contribution in [1.82, 2.24) is 20.2 Å². The van der Waals surface area contributed by atoms with Crippen LogP contribution in [0.3, 0.4) is 0 Å². The van der Waals surface area contributed by atoms with Gasteiger partial charge in [0.2, 0.25) is 0 Å². The average Bonchev–Trinajstić information content (AvgIpc) is 3.12. The molecule has 2 heterocycles. The third kappa shape index (κ3) is 2.93. The molecule has 6 nitrogen and oxygen atoms in total. The Morgan fingerprint density at radius 3 is 2.72 bits per heavy atom. The Hall–Kier alpha value is -2.61. The molecule has 0 bridgehead atoms. The molecule has 1 aliphatic heterocycles. The van der Waals surface area contributed by atoms with Crippen LogP contribution < -0.4 is 4.74 Å². The van der Waals surface area contributed by atoms with E-state index in [4.69, 9.17) is 4.74 Å². The monoisotopic (exact) mass is 401 g/mol. The SMILES string of the molecule is COc1ccc(C2=Nc3nnnn3C(c3ccc(F)c(Br)c3)C2)cc1. The van der Waals surface area contributed by atoms with E-state index in [1.807, 2.05) is 24.3 Å². The first-order valence-corrected chi connectivity index (χ1v) is 8.40. The number of aliphatic imine (C=N–C) groups is 1. The molecule has 1 atom stereocenters. The highest BCUT2D eigenvalue weighted by Crippen LogP contribution is 2.33. The number of halogens is 2. The number of hydrogen-bond donors (Lipinski definition) is 0. The van der Waals surface area contributed by atoms with Crippen LogP contribution in [0.1, 0.15) is 23.6 Å². The highest BCUT2D eigenvalue weighted by molar-refractivity contribution is 9.10. The molecule has 0 aliphatic carbocycles. The Morgan fingerprint density at radius 2 is 2.00 bits per heavy atom. The second-order valence-corrected chi connectivity index (χ2v) is 6.46. The molecule has 2 aromatic carbocycles. The van der Waals surface area contributed by atoms with Crippen LogP contribution in [0.5, 0.6) is 5.75 Å². The first-order chi connectivity index (χ1) is 12.2. The van der Waals surface area contributed by atoms with Gasteiger partial charge >= 0.3 is 0 Å². The van der Waals surface area contributed by atoms with E-state index in [1.165, 1.54) is 6.07 Å². The fourth-order valence-corrected chi connectivity index (χ4v) is 3.24. The van der Waals surface area contributed by atoms with Crippen LogP contribution in [0, 0.1) is 5.82 Å². The minimum atomic E-state index is -0.305. The van der Waals surface area contributed by atoms with Crippen LogP contribution >= 0.6 is 15.9 Å². The van der Waals surface area contributed by atoms with Crippen molar-refractivity contribution in [3.8, 4) is 5.75 Å². The maximum absolute atomic E-state index is 13.6. The van der Waals surface area contributed by atoms with E-state index >= 15 is 0 Å². The second kappa shape index (κ2) is 6.36. The van der Waals surface area contributed by atoms with Gasteiger partial charge in [-0.25, -0.2) is 14.1 Å². The van der Waals surface area contributed by atoms with Gasteiger partial charge in [-0.2, -0.15) is 0 Å². The summed E-state index contributed by atoms with van der Waals surface area (Å²) in [5.41, 5.74) is 2.75. The Balaban J connectivity index is 1.75. The third-order valence-electron chi connectivity index (χ3n) is 4.14. The van der Waals surface area contributed by atoms with Crippen LogP contribution in [-0.2, 0) is 0 Å². The van der Waals surface area contributed by atoms with Crippen LogP contribution in [0.4, 0.5) is 10.3 Å². The molecular formula is C17H13BrFN5O. The summed E-state index contributed by atoms with van der Waals surface area (Å²) in [6.07, 6.45) is 0.600. The number of rotatable bonds is 3. The number of hydrogen-bond acceptors (Lipinski definition) is 5. The van der Waals surface area contributed by atoms with E-state index in [2.05, 4.69) is 36.4 Å². The predicted octanol–water partition coefficient (Wildman–Crippen LogP) is 3.70. The fourth-order valence-electron chi connectivity index (χ4n) is 2.84.